The van der Waals surface area contributed by atoms with Crippen LogP contribution in [0.3, 0.4) is 0 Å². The minimum Gasteiger partial charge on any atom is -0.396 e. The van der Waals surface area contributed by atoms with E-state index in [0.29, 0.717) is 17.3 Å². The summed E-state index contributed by atoms with van der Waals surface area (Å²) in [6, 6.07) is 3.69. The Morgan fingerprint density at radius 2 is 2.12 bits per heavy atom. The summed E-state index contributed by atoms with van der Waals surface area (Å²) < 4.78 is 27.8. The van der Waals surface area contributed by atoms with E-state index >= 15 is 0 Å². The van der Waals surface area contributed by atoms with Gasteiger partial charge in [0.05, 0.1) is 23.3 Å². The predicted molar refractivity (Wildman–Crippen MR) is 91.2 cm³/mol. The Balaban J connectivity index is 1.93. The first-order chi connectivity index (χ1) is 11.9. The molecule has 0 atom stereocenters. The number of rotatable bonds is 4. The highest BCUT2D eigenvalue weighted by atomic mass is 19.1. The third-order valence-electron chi connectivity index (χ3n) is 3.70. The SMILES string of the molecule is CC(C)Cc1n[nH]c2ncc(NC(=O)c3c(F)ccc(N)c3F)cc12. The summed E-state index contributed by atoms with van der Waals surface area (Å²) >= 11 is 0. The number of aromatic nitrogens is 3. The lowest BCUT2D eigenvalue weighted by molar-refractivity contribution is 0.101. The molecule has 0 bridgehead atoms. The number of nitrogens with zero attached hydrogens (tertiary/aromatic N) is 2. The van der Waals surface area contributed by atoms with Gasteiger partial charge in [0.15, 0.2) is 11.5 Å². The van der Waals surface area contributed by atoms with Gasteiger partial charge in [0.2, 0.25) is 0 Å². The summed E-state index contributed by atoms with van der Waals surface area (Å²) in [5.74, 6) is -2.62. The molecule has 25 heavy (non-hydrogen) atoms. The normalized spacial score (nSPS) is 11.2. The zero-order valence-electron chi connectivity index (χ0n) is 13.7. The Hall–Kier alpha value is -3.03. The molecule has 130 valence electrons. The van der Waals surface area contributed by atoms with Gasteiger partial charge < -0.3 is 11.1 Å². The number of halogens is 2. The lowest BCUT2D eigenvalue weighted by atomic mass is 10.1. The van der Waals surface area contributed by atoms with Gasteiger partial charge in [-0.15, -0.1) is 0 Å². The van der Waals surface area contributed by atoms with Crippen LogP contribution in [0.15, 0.2) is 24.4 Å². The van der Waals surface area contributed by atoms with Crippen molar-refractivity contribution >= 4 is 28.3 Å². The van der Waals surface area contributed by atoms with Crippen molar-refractivity contribution < 1.29 is 13.6 Å². The quantitative estimate of drug-likeness (QED) is 0.632. The lowest BCUT2D eigenvalue weighted by Crippen LogP contribution is -2.17. The molecule has 0 radical (unpaired) electrons. The van der Waals surface area contributed by atoms with Crippen LogP contribution in [-0.2, 0) is 6.42 Å². The first-order valence-corrected chi connectivity index (χ1v) is 7.74. The number of hydrogen-bond donors (Lipinski definition) is 3. The second kappa shape index (κ2) is 6.46. The van der Waals surface area contributed by atoms with Gasteiger partial charge in [0, 0.05) is 5.39 Å². The molecule has 0 unspecified atom stereocenters. The highest BCUT2D eigenvalue weighted by Gasteiger charge is 2.20. The van der Waals surface area contributed by atoms with Gasteiger partial charge in [0.1, 0.15) is 11.4 Å². The number of carbonyl (C=O) groups is 1. The third-order valence-corrected chi connectivity index (χ3v) is 3.70. The van der Waals surface area contributed by atoms with Crippen LogP contribution in [0, 0.1) is 17.6 Å². The Morgan fingerprint density at radius 3 is 2.84 bits per heavy atom. The van der Waals surface area contributed by atoms with Crippen LogP contribution in [0.5, 0.6) is 0 Å². The number of hydrogen-bond acceptors (Lipinski definition) is 4. The van der Waals surface area contributed by atoms with Gasteiger partial charge in [-0.25, -0.2) is 13.8 Å². The molecular formula is C17H17F2N5O. The number of carbonyl (C=O) groups excluding carboxylic acids is 1. The summed E-state index contributed by atoms with van der Waals surface area (Å²) in [4.78, 5) is 16.4. The number of anilines is 2. The molecule has 3 rings (SSSR count). The Kier molecular flexibility index (Phi) is 4.35. The molecule has 0 saturated heterocycles. The second-order valence-electron chi connectivity index (χ2n) is 6.17. The van der Waals surface area contributed by atoms with Gasteiger partial charge in [0.25, 0.3) is 5.91 Å². The Labute approximate surface area is 142 Å². The minimum atomic E-state index is -1.09. The van der Waals surface area contributed by atoms with Crippen molar-refractivity contribution in [3.05, 3.63) is 47.3 Å². The van der Waals surface area contributed by atoms with Gasteiger partial charge in [-0.3, -0.25) is 9.89 Å². The van der Waals surface area contributed by atoms with Crippen molar-refractivity contribution in [2.24, 2.45) is 5.92 Å². The summed E-state index contributed by atoms with van der Waals surface area (Å²) in [7, 11) is 0. The van der Waals surface area contributed by atoms with Gasteiger partial charge in [-0.2, -0.15) is 5.10 Å². The van der Waals surface area contributed by atoms with Crippen LogP contribution in [-0.4, -0.2) is 21.1 Å². The number of nitrogens with one attached hydrogen (secondary N) is 2. The van der Waals surface area contributed by atoms with Gasteiger partial charge in [-0.05, 0) is 30.5 Å². The van der Waals surface area contributed by atoms with Crippen LogP contribution < -0.4 is 11.1 Å². The van der Waals surface area contributed by atoms with Crippen molar-refractivity contribution in [2.75, 3.05) is 11.1 Å². The molecule has 4 N–H and O–H groups in total. The molecule has 2 heterocycles. The minimum absolute atomic E-state index is 0.297. The van der Waals surface area contributed by atoms with E-state index in [2.05, 4.69) is 34.3 Å². The predicted octanol–water partition coefficient (Wildman–Crippen LogP) is 3.27. The Morgan fingerprint density at radius 1 is 1.36 bits per heavy atom. The number of amides is 1. The van der Waals surface area contributed by atoms with E-state index in [-0.39, 0.29) is 5.69 Å². The average Bonchev–Trinajstić information content (AvgIpc) is 2.93. The van der Waals surface area contributed by atoms with Crippen LogP contribution in [0.1, 0.15) is 29.9 Å². The fraction of sp³-hybridized carbons (Fsp3) is 0.235. The van der Waals surface area contributed by atoms with E-state index in [0.717, 1.165) is 29.6 Å². The zero-order valence-corrected chi connectivity index (χ0v) is 13.7. The van der Waals surface area contributed by atoms with Crippen LogP contribution in [0.2, 0.25) is 0 Å². The maximum atomic E-state index is 14.0. The zero-order chi connectivity index (χ0) is 18.1. The van der Waals surface area contributed by atoms with Crippen LogP contribution in [0.25, 0.3) is 11.0 Å². The number of fused-ring (bicyclic) bond motifs is 1. The largest absolute Gasteiger partial charge is 0.396 e. The molecule has 2 aromatic heterocycles. The summed E-state index contributed by atoms with van der Waals surface area (Å²) in [6.45, 7) is 4.12. The molecule has 0 fully saturated rings. The molecule has 3 aromatic rings. The molecule has 1 aromatic carbocycles. The highest BCUT2D eigenvalue weighted by molar-refractivity contribution is 6.05. The first kappa shape index (κ1) is 16.8. The third kappa shape index (κ3) is 3.28. The van der Waals surface area contributed by atoms with Crippen LogP contribution >= 0.6 is 0 Å². The molecule has 0 aliphatic rings. The molecule has 0 aliphatic carbocycles. The standard InChI is InChI=1S/C17H17F2N5O/c1-8(2)5-13-10-6-9(7-21-16(10)24-23-13)22-17(25)14-11(18)3-4-12(20)15(14)19/h3-4,6-8H,5,20H2,1-2H3,(H,22,25)(H,21,23,24). The van der Waals surface area contributed by atoms with E-state index in [1.807, 2.05) is 0 Å². The monoisotopic (exact) mass is 345 g/mol. The van der Waals surface area contributed by atoms with Gasteiger partial charge >= 0.3 is 0 Å². The van der Waals surface area contributed by atoms with Crippen molar-refractivity contribution in [3.8, 4) is 0 Å². The van der Waals surface area contributed by atoms with E-state index < -0.39 is 23.1 Å². The second-order valence-corrected chi connectivity index (χ2v) is 6.17. The summed E-state index contributed by atoms with van der Waals surface area (Å²) in [5.41, 5.74) is 6.08. The van der Waals surface area contributed by atoms with E-state index in [4.69, 9.17) is 5.73 Å². The fourth-order valence-corrected chi connectivity index (χ4v) is 2.54. The molecule has 6 nitrogen and oxygen atoms in total. The van der Waals surface area contributed by atoms with Crippen molar-refractivity contribution in [3.63, 3.8) is 0 Å². The van der Waals surface area contributed by atoms with Crippen LogP contribution in [0.4, 0.5) is 20.2 Å². The average molecular weight is 345 g/mol. The smallest absolute Gasteiger partial charge is 0.261 e. The topological polar surface area (TPSA) is 96.7 Å². The van der Waals surface area contributed by atoms with Gasteiger partial charge in [-0.1, -0.05) is 13.8 Å². The molecule has 8 heteroatoms. The summed E-state index contributed by atoms with van der Waals surface area (Å²) in [5, 5.41) is 10.2. The number of aromatic amines is 1. The number of nitrogen functional groups attached to an aromatic ring is 1. The number of benzene rings is 1. The fourth-order valence-electron chi connectivity index (χ4n) is 2.54. The molecular weight excluding hydrogens is 328 g/mol. The Bertz CT molecular complexity index is 952. The van der Waals surface area contributed by atoms with Crippen molar-refractivity contribution in [1.82, 2.24) is 15.2 Å². The molecule has 0 saturated carbocycles. The summed E-state index contributed by atoms with van der Waals surface area (Å²) in [6.07, 6.45) is 2.12. The molecule has 1 amide bonds. The van der Waals surface area contributed by atoms with E-state index in [1.54, 1.807) is 6.07 Å². The van der Waals surface area contributed by atoms with Crippen molar-refractivity contribution in [2.45, 2.75) is 20.3 Å². The van der Waals surface area contributed by atoms with E-state index in [9.17, 15) is 13.6 Å². The molecule has 0 spiro atoms. The highest BCUT2D eigenvalue weighted by Crippen LogP contribution is 2.23. The van der Waals surface area contributed by atoms with Crippen molar-refractivity contribution in [1.29, 1.82) is 0 Å². The maximum Gasteiger partial charge on any atom is 0.261 e. The number of H-pyrrole nitrogens is 1. The lowest BCUT2D eigenvalue weighted by Gasteiger charge is -2.08. The number of pyridine rings is 1. The molecule has 0 aliphatic heterocycles. The number of nitrogens with two attached hydrogens (primary N) is 1. The first-order valence-electron chi connectivity index (χ1n) is 7.74. The maximum absolute atomic E-state index is 14.0. The van der Waals surface area contributed by atoms with E-state index in [1.165, 1.54) is 6.20 Å².